The summed E-state index contributed by atoms with van der Waals surface area (Å²) in [6.07, 6.45) is 0. The van der Waals surface area contributed by atoms with Gasteiger partial charge in [0.2, 0.25) is 0 Å². The smallest absolute Gasteiger partial charge is 0.164 e. The topological polar surface area (TPSA) is 77.6 Å². The molecule has 64 heavy (non-hydrogen) atoms. The Labute approximate surface area is 370 Å². The molecular formula is C58H39N5O. The van der Waals surface area contributed by atoms with Crippen molar-refractivity contribution in [3.63, 3.8) is 0 Å². The molecule has 302 valence electrons. The Morgan fingerprint density at radius 3 is 1.52 bits per heavy atom. The molecule has 1 aliphatic rings. The fourth-order valence-corrected chi connectivity index (χ4v) is 9.25. The predicted octanol–water partition coefficient (Wildman–Crippen LogP) is 14.5. The van der Waals surface area contributed by atoms with Crippen LogP contribution in [-0.4, -0.2) is 24.9 Å². The quantitative estimate of drug-likeness (QED) is 0.159. The molecule has 0 saturated carbocycles. The highest BCUT2D eigenvalue weighted by molar-refractivity contribution is 6.05. The van der Waals surface area contributed by atoms with Gasteiger partial charge in [-0.1, -0.05) is 172 Å². The third-order valence-corrected chi connectivity index (χ3v) is 12.6. The monoisotopic (exact) mass is 821 g/mol. The van der Waals surface area contributed by atoms with Gasteiger partial charge in [-0.15, -0.1) is 0 Å². The number of rotatable bonds is 7. The molecule has 0 N–H and O–H groups in total. The Bertz CT molecular complexity index is 3590. The van der Waals surface area contributed by atoms with Crippen LogP contribution in [-0.2, 0) is 5.41 Å². The van der Waals surface area contributed by atoms with Crippen LogP contribution in [0.3, 0.4) is 0 Å². The molecule has 0 saturated heterocycles. The van der Waals surface area contributed by atoms with E-state index in [1.165, 1.54) is 22.3 Å². The summed E-state index contributed by atoms with van der Waals surface area (Å²) in [6.45, 7) is 4.59. The van der Waals surface area contributed by atoms with E-state index in [1.807, 2.05) is 78.9 Å². The molecule has 0 fully saturated rings. The maximum absolute atomic E-state index is 6.29. The Hall–Kier alpha value is -8.35. The van der Waals surface area contributed by atoms with Crippen LogP contribution >= 0.6 is 0 Å². The zero-order chi connectivity index (χ0) is 42.8. The van der Waals surface area contributed by atoms with Crippen molar-refractivity contribution in [3.8, 4) is 90.3 Å². The zero-order valence-corrected chi connectivity index (χ0v) is 35.2. The third kappa shape index (κ3) is 6.47. The molecule has 6 nitrogen and oxygen atoms in total. The van der Waals surface area contributed by atoms with E-state index in [0.29, 0.717) is 23.3 Å². The number of furan rings is 1. The molecule has 0 amide bonds. The van der Waals surface area contributed by atoms with E-state index in [1.54, 1.807) is 0 Å². The molecule has 0 radical (unpaired) electrons. The molecule has 12 rings (SSSR count). The second-order valence-electron chi connectivity index (χ2n) is 16.9. The van der Waals surface area contributed by atoms with Gasteiger partial charge in [-0.25, -0.2) is 24.9 Å². The van der Waals surface area contributed by atoms with Crippen LogP contribution in [0.2, 0.25) is 0 Å². The van der Waals surface area contributed by atoms with E-state index >= 15 is 0 Å². The van der Waals surface area contributed by atoms with E-state index < -0.39 is 0 Å². The summed E-state index contributed by atoms with van der Waals surface area (Å²) in [4.78, 5) is 25.6. The lowest BCUT2D eigenvalue weighted by atomic mass is 9.82. The third-order valence-electron chi connectivity index (χ3n) is 12.6. The van der Waals surface area contributed by atoms with Crippen molar-refractivity contribution >= 4 is 21.9 Å². The van der Waals surface area contributed by atoms with Gasteiger partial charge in [0, 0.05) is 49.6 Å². The van der Waals surface area contributed by atoms with Crippen molar-refractivity contribution in [2.75, 3.05) is 0 Å². The Balaban J connectivity index is 0.942. The van der Waals surface area contributed by atoms with Crippen LogP contribution in [0.1, 0.15) is 25.0 Å². The number of para-hydroxylation sites is 1. The molecule has 1 aliphatic carbocycles. The Morgan fingerprint density at radius 2 is 0.797 bits per heavy atom. The molecule has 0 bridgehead atoms. The van der Waals surface area contributed by atoms with Crippen molar-refractivity contribution in [1.29, 1.82) is 0 Å². The van der Waals surface area contributed by atoms with Gasteiger partial charge < -0.3 is 4.42 Å². The van der Waals surface area contributed by atoms with E-state index in [2.05, 4.69) is 135 Å². The largest absolute Gasteiger partial charge is 0.456 e. The first-order valence-electron chi connectivity index (χ1n) is 21.6. The van der Waals surface area contributed by atoms with Crippen molar-refractivity contribution in [3.05, 3.63) is 211 Å². The van der Waals surface area contributed by atoms with Gasteiger partial charge in [-0.3, -0.25) is 0 Å². The van der Waals surface area contributed by atoms with Crippen LogP contribution in [0.5, 0.6) is 0 Å². The van der Waals surface area contributed by atoms with Crippen molar-refractivity contribution in [1.82, 2.24) is 24.9 Å². The SMILES string of the molecule is CC1(C)c2ccccc2-c2cc(-c3nc(-c4ccccc4)nc(-c4cccc(-c5cccc(-c6cc(-c7ccc8c(c7)oc7ccccc78)nc(-c7ccccc7)n6)c5)c4)n3)ccc21. The van der Waals surface area contributed by atoms with Crippen molar-refractivity contribution in [2.24, 2.45) is 0 Å². The van der Waals surface area contributed by atoms with Crippen LogP contribution in [0.25, 0.3) is 112 Å². The summed E-state index contributed by atoms with van der Waals surface area (Å²) in [5.74, 6) is 2.52. The number of aromatic nitrogens is 5. The van der Waals surface area contributed by atoms with E-state index in [9.17, 15) is 0 Å². The van der Waals surface area contributed by atoms with Crippen LogP contribution in [0.15, 0.2) is 205 Å². The maximum atomic E-state index is 6.29. The number of benzene rings is 8. The highest BCUT2D eigenvalue weighted by Crippen LogP contribution is 2.49. The standard InChI is InChI=1S/C58H39N5O/c1-58(2)48-25-11-9-23-44(48)47-33-43(28-30-49(47)58)57-62-55(37-17-7-4-8-18-37)61-56(63-57)42-22-14-20-39(32-42)38-19-13-21-40(31-38)50-35-51(60-54(59-50)36-15-5-3-6-16-36)41-27-29-46-45-24-10-12-26-52(45)64-53(46)34-41/h3-35H,1-2H3. The zero-order valence-electron chi connectivity index (χ0n) is 35.2. The predicted molar refractivity (Wildman–Crippen MR) is 258 cm³/mol. The van der Waals surface area contributed by atoms with Gasteiger partial charge in [0.25, 0.3) is 0 Å². The van der Waals surface area contributed by atoms with Crippen molar-refractivity contribution < 1.29 is 4.42 Å². The normalized spacial score (nSPS) is 12.7. The van der Waals surface area contributed by atoms with E-state index in [0.717, 1.165) is 77.8 Å². The van der Waals surface area contributed by atoms with Gasteiger partial charge in [-0.05, 0) is 75.8 Å². The first kappa shape index (κ1) is 37.4. The molecule has 3 heterocycles. The average Bonchev–Trinajstić information content (AvgIpc) is 3.85. The number of hydrogen-bond donors (Lipinski definition) is 0. The van der Waals surface area contributed by atoms with Gasteiger partial charge in [0.15, 0.2) is 23.3 Å². The number of fused-ring (bicyclic) bond motifs is 6. The van der Waals surface area contributed by atoms with E-state index in [-0.39, 0.29) is 5.41 Å². The molecule has 11 aromatic rings. The summed E-state index contributed by atoms with van der Waals surface area (Å²) in [5.41, 5.74) is 16.1. The highest BCUT2D eigenvalue weighted by Gasteiger charge is 2.35. The minimum Gasteiger partial charge on any atom is -0.456 e. The minimum atomic E-state index is -0.0905. The van der Waals surface area contributed by atoms with Gasteiger partial charge in [0.1, 0.15) is 11.2 Å². The fraction of sp³-hybridized carbons (Fsp3) is 0.0517. The molecule has 0 atom stereocenters. The Kier molecular flexibility index (Phi) is 8.73. The van der Waals surface area contributed by atoms with Crippen molar-refractivity contribution in [2.45, 2.75) is 19.3 Å². The lowest BCUT2D eigenvalue weighted by molar-refractivity contribution is 0.660. The lowest BCUT2D eigenvalue weighted by Gasteiger charge is -2.21. The summed E-state index contributed by atoms with van der Waals surface area (Å²) in [5, 5.41) is 2.18. The number of nitrogens with zero attached hydrogens (tertiary/aromatic N) is 5. The number of hydrogen-bond acceptors (Lipinski definition) is 6. The Morgan fingerprint density at radius 1 is 0.312 bits per heavy atom. The van der Waals surface area contributed by atoms with Gasteiger partial charge >= 0.3 is 0 Å². The molecule has 3 aromatic heterocycles. The molecule has 0 unspecified atom stereocenters. The first-order chi connectivity index (χ1) is 31.4. The summed E-state index contributed by atoms with van der Waals surface area (Å²) < 4.78 is 6.29. The molecule has 6 heteroatoms. The minimum absolute atomic E-state index is 0.0905. The lowest BCUT2D eigenvalue weighted by Crippen LogP contribution is -2.14. The highest BCUT2D eigenvalue weighted by atomic mass is 16.3. The molecular weight excluding hydrogens is 783 g/mol. The summed E-state index contributed by atoms with van der Waals surface area (Å²) >= 11 is 0. The van der Waals surface area contributed by atoms with Crippen LogP contribution in [0, 0.1) is 0 Å². The molecule has 0 spiro atoms. The van der Waals surface area contributed by atoms with E-state index in [4.69, 9.17) is 29.3 Å². The molecule has 8 aromatic carbocycles. The van der Waals surface area contributed by atoms with Crippen LogP contribution in [0.4, 0.5) is 0 Å². The second-order valence-corrected chi connectivity index (χ2v) is 16.9. The fourth-order valence-electron chi connectivity index (χ4n) is 9.25. The van der Waals surface area contributed by atoms with Gasteiger partial charge in [0.05, 0.1) is 11.4 Å². The molecule has 0 aliphatic heterocycles. The van der Waals surface area contributed by atoms with Crippen LogP contribution < -0.4 is 0 Å². The second kappa shape index (κ2) is 14.9. The summed E-state index contributed by atoms with van der Waals surface area (Å²) in [6, 6.07) is 69.1. The van der Waals surface area contributed by atoms with Gasteiger partial charge in [-0.2, -0.15) is 0 Å². The average molecular weight is 822 g/mol. The first-order valence-corrected chi connectivity index (χ1v) is 21.6. The maximum Gasteiger partial charge on any atom is 0.164 e. The summed E-state index contributed by atoms with van der Waals surface area (Å²) in [7, 11) is 0.